The van der Waals surface area contributed by atoms with E-state index in [2.05, 4.69) is 0 Å². The number of aliphatic hydroxyl groups excluding tert-OH is 1. The standard InChI is InChI=1S/C9H18N2O2/c1-2-8(10)9(13)11-4-3-7(5-11)6-12/h7-8,12H,2-6,10H2,1H3/t7?,8-/m0/s1. The van der Waals surface area contributed by atoms with Crippen molar-refractivity contribution >= 4 is 5.91 Å². The monoisotopic (exact) mass is 186 g/mol. The van der Waals surface area contributed by atoms with Gasteiger partial charge in [0.15, 0.2) is 0 Å². The Labute approximate surface area is 78.7 Å². The Morgan fingerprint density at radius 1 is 1.77 bits per heavy atom. The Hall–Kier alpha value is -0.610. The highest BCUT2D eigenvalue weighted by atomic mass is 16.3. The van der Waals surface area contributed by atoms with Gasteiger partial charge in [-0.2, -0.15) is 0 Å². The summed E-state index contributed by atoms with van der Waals surface area (Å²) in [4.78, 5) is 13.3. The summed E-state index contributed by atoms with van der Waals surface area (Å²) >= 11 is 0. The van der Waals surface area contributed by atoms with E-state index in [0.29, 0.717) is 13.0 Å². The minimum atomic E-state index is -0.363. The SMILES string of the molecule is CC[C@H](N)C(=O)N1CCC(CO)C1. The molecule has 1 heterocycles. The maximum absolute atomic E-state index is 11.6. The second kappa shape index (κ2) is 4.58. The average Bonchev–Trinajstić information content (AvgIpc) is 2.63. The molecule has 1 unspecified atom stereocenters. The molecule has 0 bridgehead atoms. The minimum absolute atomic E-state index is 0.0263. The van der Waals surface area contributed by atoms with E-state index in [1.807, 2.05) is 6.92 Å². The fourth-order valence-electron chi connectivity index (χ4n) is 1.59. The van der Waals surface area contributed by atoms with Crippen molar-refractivity contribution in [1.82, 2.24) is 4.90 Å². The van der Waals surface area contributed by atoms with Gasteiger partial charge in [0.1, 0.15) is 0 Å². The quantitative estimate of drug-likeness (QED) is 0.628. The molecule has 0 radical (unpaired) electrons. The maximum Gasteiger partial charge on any atom is 0.239 e. The number of carbonyl (C=O) groups excluding carboxylic acids is 1. The molecular weight excluding hydrogens is 168 g/mol. The van der Waals surface area contributed by atoms with E-state index in [1.165, 1.54) is 0 Å². The van der Waals surface area contributed by atoms with Gasteiger partial charge in [-0.1, -0.05) is 6.92 Å². The molecule has 1 amide bonds. The highest BCUT2D eigenvalue weighted by Crippen LogP contribution is 2.16. The van der Waals surface area contributed by atoms with E-state index in [9.17, 15) is 4.79 Å². The number of rotatable bonds is 3. The summed E-state index contributed by atoms with van der Waals surface area (Å²) in [7, 11) is 0. The summed E-state index contributed by atoms with van der Waals surface area (Å²) < 4.78 is 0. The van der Waals surface area contributed by atoms with Gasteiger partial charge in [0.25, 0.3) is 0 Å². The highest BCUT2D eigenvalue weighted by molar-refractivity contribution is 5.81. The molecule has 13 heavy (non-hydrogen) atoms. The Bertz CT molecular complexity index is 184. The smallest absolute Gasteiger partial charge is 0.239 e. The van der Waals surface area contributed by atoms with Crippen LogP contribution in [0.15, 0.2) is 0 Å². The van der Waals surface area contributed by atoms with Crippen molar-refractivity contribution in [2.45, 2.75) is 25.8 Å². The number of likely N-dealkylation sites (tertiary alicyclic amines) is 1. The first-order valence-corrected chi connectivity index (χ1v) is 4.84. The number of nitrogens with two attached hydrogens (primary N) is 1. The molecule has 4 heteroatoms. The topological polar surface area (TPSA) is 66.6 Å². The molecule has 2 atom stereocenters. The van der Waals surface area contributed by atoms with Crippen LogP contribution in [0.5, 0.6) is 0 Å². The number of carbonyl (C=O) groups is 1. The third-order valence-corrected chi connectivity index (χ3v) is 2.61. The first kappa shape index (κ1) is 10.5. The van der Waals surface area contributed by atoms with Crippen LogP contribution in [0.1, 0.15) is 19.8 Å². The molecule has 0 saturated carbocycles. The minimum Gasteiger partial charge on any atom is -0.396 e. The van der Waals surface area contributed by atoms with Crippen molar-refractivity contribution < 1.29 is 9.90 Å². The van der Waals surface area contributed by atoms with Crippen molar-refractivity contribution in [3.05, 3.63) is 0 Å². The van der Waals surface area contributed by atoms with Gasteiger partial charge in [-0.15, -0.1) is 0 Å². The van der Waals surface area contributed by atoms with Crippen LogP contribution in [0.2, 0.25) is 0 Å². The summed E-state index contributed by atoms with van der Waals surface area (Å²) in [5.74, 6) is 0.284. The van der Waals surface area contributed by atoms with Gasteiger partial charge in [-0.25, -0.2) is 0 Å². The molecule has 1 aliphatic rings. The molecule has 0 aromatic rings. The molecule has 76 valence electrons. The first-order valence-electron chi connectivity index (χ1n) is 4.84. The third kappa shape index (κ3) is 2.42. The molecule has 4 nitrogen and oxygen atoms in total. The van der Waals surface area contributed by atoms with Crippen LogP contribution < -0.4 is 5.73 Å². The summed E-state index contributed by atoms with van der Waals surface area (Å²) in [6, 6.07) is -0.363. The summed E-state index contributed by atoms with van der Waals surface area (Å²) in [6.07, 6.45) is 1.58. The van der Waals surface area contributed by atoms with Gasteiger partial charge in [-0.05, 0) is 12.8 Å². The van der Waals surface area contributed by atoms with Crippen LogP contribution in [0.25, 0.3) is 0 Å². The van der Waals surface area contributed by atoms with Crippen molar-refractivity contribution in [2.75, 3.05) is 19.7 Å². The molecule has 1 fully saturated rings. The van der Waals surface area contributed by atoms with Crippen LogP contribution in [0.3, 0.4) is 0 Å². The number of nitrogens with zero attached hydrogens (tertiary/aromatic N) is 1. The van der Waals surface area contributed by atoms with Gasteiger partial charge in [-0.3, -0.25) is 4.79 Å². The fourth-order valence-corrected chi connectivity index (χ4v) is 1.59. The summed E-state index contributed by atoms with van der Waals surface area (Å²) in [6.45, 7) is 3.49. The Morgan fingerprint density at radius 3 is 2.92 bits per heavy atom. The van der Waals surface area contributed by atoms with Gasteiger partial charge in [0.05, 0.1) is 6.04 Å². The van der Waals surface area contributed by atoms with Crippen molar-refractivity contribution in [3.63, 3.8) is 0 Å². The van der Waals surface area contributed by atoms with Crippen molar-refractivity contribution in [2.24, 2.45) is 11.7 Å². The third-order valence-electron chi connectivity index (χ3n) is 2.61. The highest BCUT2D eigenvalue weighted by Gasteiger charge is 2.27. The largest absolute Gasteiger partial charge is 0.396 e. The predicted octanol–water partition coefficient (Wildman–Crippen LogP) is -0.435. The normalized spacial score (nSPS) is 24.8. The van der Waals surface area contributed by atoms with E-state index in [-0.39, 0.29) is 24.5 Å². The van der Waals surface area contributed by atoms with Crippen LogP contribution >= 0.6 is 0 Å². The molecule has 0 aromatic carbocycles. The van der Waals surface area contributed by atoms with Crippen LogP contribution in [-0.4, -0.2) is 41.7 Å². The van der Waals surface area contributed by atoms with Gasteiger partial charge >= 0.3 is 0 Å². The molecular formula is C9H18N2O2. The molecule has 0 spiro atoms. The maximum atomic E-state index is 11.6. The van der Waals surface area contributed by atoms with Gasteiger partial charge in [0, 0.05) is 25.6 Å². The van der Waals surface area contributed by atoms with E-state index >= 15 is 0 Å². The molecule has 1 rings (SSSR count). The van der Waals surface area contributed by atoms with Crippen LogP contribution in [-0.2, 0) is 4.79 Å². The molecule has 1 saturated heterocycles. The average molecular weight is 186 g/mol. The second-order valence-electron chi connectivity index (χ2n) is 3.64. The zero-order valence-electron chi connectivity index (χ0n) is 8.07. The van der Waals surface area contributed by atoms with E-state index < -0.39 is 0 Å². The lowest BCUT2D eigenvalue weighted by atomic mass is 10.1. The van der Waals surface area contributed by atoms with Crippen molar-refractivity contribution in [3.8, 4) is 0 Å². The van der Waals surface area contributed by atoms with E-state index in [1.54, 1.807) is 4.90 Å². The number of aliphatic hydroxyl groups is 1. The number of amides is 1. The van der Waals surface area contributed by atoms with E-state index in [0.717, 1.165) is 13.0 Å². The number of hydrogen-bond donors (Lipinski definition) is 2. The van der Waals surface area contributed by atoms with E-state index in [4.69, 9.17) is 10.8 Å². The zero-order chi connectivity index (χ0) is 9.84. The van der Waals surface area contributed by atoms with Crippen molar-refractivity contribution in [1.29, 1.82) is 0 Å². The fraction of sp³-hybridized carbons (Fsp3) is 0.889. The Balaban J connectivity index is 2.41. The zero-order valence-corrected chi connectivity index (χ0v) is 8.07. The summed E-state index contributed by atoms with van der Waals surface area (Å²) in [5, 5.41) is 8.89. The predicted molar refractivity (Wildman–Crippen MR) is 50.0 cm³/mol. The molecule has 0 aliphatic carbocycles. The van der Waals surface area contributed by atoms with Crippen LogP contribution in [0.4, 0.5) is 0 Å². The molecule has 0 aromatic heterocycles. The van der Waals surface area contributed by atoms with Gasteiger partial charge < -0.3 is 15.7 Å². The molecule has 3 N–H and O–H groups in total. The first-order chi connectivity index (χ1) is 6.19. The second-order valence-corrected chi connectivity index (χ2v) is 3.64. The summed E-state index contributed by atoms with van der Waals surface area (Å²) in [5.41, 5.74) is 5.63. The Morgan fingerprint density at radius 2 is 2.46 bits per heavy atom. The van der Waals surface area contributed by atoms with Crippen LogP contribution in [0, 0.1) is 5.92 Å². The lowest BCUT2D eigenvalue weighted by molar-refractivity contribution is -0.131. The molecule has 1 aliphatic heterocycles. The number of hydrogen-bond acceptors (Lipinski definition) is 3. The Kier molecular flexibility index (Phi) is 3.69. The lowest BCUT2D eigenvalue weighted by Gasteiger charge is -2.19. The lowest BCUT2D eigenvalue weighted by Crippen LogP contribution is -2.42. The van der Waals surface area contributed by atoms with Gasteiger partial charge in [0.2, 0.25) is 5.91 Å².